The predicted octanol–water partition coefficient (Wildman–Crippen LogP) is 5.32. The molecule has 0 saturated heterocycles. The average Bonchev–Trinajstić information content (AvgIpc) is 3.07. The van der Waals surface area contributed by atoms with Gasteiger partial charge >= 0.3 is 5.97 Å². The highest BCUT2D eigenvalue weighted by Gasteiger charge is 2.31. The summed E-state index contributed by atoms with van der Waals surface area (Å²) in [6, 6.07) is 14.6. The summed E-state index contributed by atoms with van der Waals surface area (Å²) in [5.41, 5.74) is 1.80. The molecule has 2 aromatic rings. The Balaban J connectivity index is 1.88. The minimum absolute atomic E-state index is 0.0328. The predicted molar refractivity (Wildman–Crippen MR) is 117 cm³/mol. The Morgan fingerprint density at radius 3 is 2.71 bits per heavy atom. The summed E-state index contributed by atoms with van der Waals surface area (Å²) in [7, 11) is 0. The van der Waals surface area contributed by atoms with E-state index in [1.807, 2.05) is 29.3 Å². The highest BCUT2D eigenvalue weighted by molar-refractivity contribution is 8.14. The second-order valence-electron chi connectivity index (χ2n) is 6.46. The summed E-state index contributed by atoms with van der Waals surface area (Å²) in [6.45, 7) is 4.89. The molecule has 28 heavy (non-hydrogen) atoms. The van der Waals surface area contributed by atoms with E-state index in [-0.39, 0.29) is 16.9 Å². The normalized spacial score (nSPS) is 19.0. The molecule has 0 spiro atoms. The van der Waals surface area contributed by atoms with E-state index in [0.29, 0.717) is 17.1 Å². The summed E-state index contributed by atoms with van der Waals surface area (Å²) in [5.74, 6) is -0.968. The van der Waals surface area contributed by atoms with Gasteiger partial charge in [0.25, 0.3) is 0 Å². The van der Waals surface area contributed by atoms with Gasteiger partial charge in [0.05, 0.1) is 17.8 Å². The van der Waals surface area contributed by atoms with Crippen LogP contribution in [-0.2, 0) is 0 Å². The lowest BCUT2D eigenvalue weighted by Gasteiger charge is -2.17. The lowest BCUT2D eigenvalue weighted by atomic mass is 10.1. The number of rotatable bonds is 6. The number of hydrazone groups is 1. The van der Waals surface area contributed by atoms with E-state index >= 15 is 0 Å². The molecule has 2 atom stereocenters. The van der Waals surface area contributed by atoms with Gasteiger partial charge in [0, 0.05) is 22.4 Å². The van der Waals surface area contributed by atoms with E-state index in [2.05, 4.69) is 18.9 Å². The maximum atomic E-state index is 11.4. The molecule has 1 N–H and O–H groups in total. The SMILES string of the molecule is CCCN(/N=C/c1ccccc1C(=O)O)C1=NC(c2ccccc2Cl)C(C)S1. The van der Waals surface area contributed by atoms with Crippen LogP contribution in [0.2, 0.25) is 5.02 Å². The topological polar surface area (TPSA) is 65.3 Å². The van der Waals surface area contributed by atoms with Crippen molar-refractivity contribution in [3.63, 3.8) is 0 Å². The number of amidine groups is 1. The number of hydrogen-bond donors (Lipinski definition) is 1. The van der Waals surface area contributed by atoms with Crippen molar-refractivity contribution in [1.29, 1.82) is 0 Å². The first kappa shape index (κ1) is 20.4. The Morgan fingerprint density at radius 1 is 1.29 bits per heavy atom. The van der Waals surface area contributed by atoms with Crippen molar-refractivity contribution in [2.75, 3.05) is 6.54 Å². The Hall–Kier alpha value is -2.31. The zero-order valence-electron chi connectivity index (χ0n) is 15.7. The average molecular weight is 416 g/mol. The lowest BCUT2D eigenvalue weighted by Crippen LogP contribution is -2.23. The van der Waals surface area contributed by atoms with Gasteiger partial charge in [0.2, 0.25) is 0 Å². The molecule has 0 bridgehead atoms. The van der Waals surface area contributed by atoms with Crippen LogP contribution in [-0.4, -0.2) is 39.3 Å². The van der Waals surface area contributed by atoms with Crippen molar-refractivity contribution in [2.45, 2.75) is 31.6 Å². The quantitative estimate of drug-likeness (QED) is 0.512. The van der Waals surface area contributed by atoms with Crippen LogP contribution in [0.3, 0.4) is 0 Å². The second-order valence-corrected chi connectivity index (χ2v) is 8.21. The van der Waals surface area contributed by atoms with Crippen molar-refractivity contribution < 1.29 is 9.90 Å². The van der Waals surface area contributed by atoms with Crippen LogP contribution in [0.15, 0.2) is 58.6 Å². The van der Waals surface area contributed by atoms with Crippen molar-refractivity contribution in [3.8, 4) is 0 Å². The monoisotopic (exact) mass is 415 g/mol. The van der Waals surface area contributed by atoms with E-state index in [1.54, 1.807) is 42.2 Å². The Labute approximate surface area is 174 Å². The number of nitrogens with zero attached hydrogens (tertiary/aromatic N) is 3. The van der Waals surface area contributed by atoms with Gasteiger partial charge in [0.15, 0.2) is 5.17 Å². The molecule has 0 radical (unpaired) electrons. The standard InChI is InChI=1S/C21H22ClN3O2S/c1-3-12-25(23-13-15-8-4-5-9-16(15)20(26)27)21-24-19(14(2)28-21)17-10-6-7-11-18(17)22/h4-11,13-14,19H,3,12H2,1-2H3,(H,26,27)/b23-13+. The Bertz CT molecular complexity index is 916. The maximum Gasteiger partial charge on any atom is 0.336 e. The number of halogens is 1. The molecule has 0 aromatic heterocycles. The first-order valence-corrected chi connectivity index (χ1v) is 10.4. The molecule has 5 nitrogen and oxygen atoms in total. The molecule has 1 aliphatic heterocycles. The molecule has 0 saturated carbocycles. The maximum absolute atomic E-state index is 11.4. The highest BCUT2D eigenvalue weighted by Crippen LogP contribution is 2.40. The molecule has 0 amide bonds. The van der Waals surface area contributed by atoms with Crippen LogP contribution in [0, 0.1) is 0 Å². The first-order chi connectivity index (χ1) is 13.5. The van der Waals surface area contributed by atoms with E-state index in [1.165, 1.54) is 0 Å². The first-order valence-electron chi connectivity index (χ1n) is 9.14. The fraction of sp³-hybridized carbons (Fsp3) is 0.286. The molecule has 3 rings (SSSR count). The van der Waals surface area contributed by atoms with Crippen LogP contribution in [0.4, 0.5) is 0 Å². The molecular weight excluding hydrogens is 394 g/mol. The van der Waals surface area contributed by atoms with E-state index in [4.69, 9.17) is 16.6 Å². The van der Waals surface area contributed by atoms with Gasteiger partial charge in [-0.3, -0.25) is 4.99 Å². The number of carboxylic acid groups (broad SMARTS) is 1. The number of carbonyl (C=O) groups is 1. The molecule has 1 aliphatic rings. The summed E-state index contributed by atoms with van der Waals surface area (Å²) in [5, 5.41) is 17.5. The van der Waals surface area contributed by atoms with Gasteiger partial charge in [0.1, 0.15) is 0 Å². The molecule has 0 aliphatic carbocycles. The van der Waals surface area contributed by atoms with Crippen LogP contribution in [0.5, 0.6) is 0 Å². The minimum atomic E-state index is -0.968. The van der Waals surface area contributed by atoms with Gasteiger partial charge < -0.3 is 5.11 Å². The fourth-order valence-corrected chi connectivity index (χ4v) is 4.35. The molecular formula is C21H22ClN3O2S. The third-order valence-electron chi connectivity index (χ3n) is 4.39. The summed E-state index contributed by atoms with van der Waals surface area (Å²) >= 11 is 8.03. The Morgan fingerprint density at radius 2 is 2.00 bits per heavy atom. The number of aliphatic imine (C=N–C) groups is 1. The molecule has 146 valence electrons. The van der Waals surface area contributed by atoms with Crippen molar-refractivity contribution in [1.82, 2.24) is 5.01 Å². The summed E-state index contributed by atoms with van der Waals surface area (Å²) in [4.78, 5) is 16.3. The lowest BCUT2D eigenvalue weighted by molar-refractivity contribution is 0.0696. The summed E-state index contributed by atoms with van der Waals surface area (Å²) in [6.07, 6.45) is 2.48. The number of benzene rings is 2. The number of thioether (sulfide) groups is 1. The van der Waals surface area contributed by atoms with Crippen LogP contribution >= 0.6 is 23.4 Å². The zero-order valence-corrected chi connectivity index (χ0v) is 17.3. The molecule has 0 fully saturated rings. The van der Waals surface area contributed by atoms with E-state index in [0.717, 1.165) is 17.2 Å². The number of aromatic carboxylic acids is 1. The molecule has 2 unspecified atom stereocenters. The van der Waals surface area contributed by atoms with Crippen LogP contribution in [0.1, 0.15) is 47.8 Å². The Kier molecular flexibility index (Phi) is 6.75. The van der Waals surface area contributed by atoms with Crippen molar-refractivity contribution in [3.05, 3.63) is 70.2 Å². The zero-order chi connectivity index (χ0) is 20.1. The smallest absolute Gasteiger partial charge is 0.336 e. The van der Waals surface area contributed by atoms with E-state index in [9.17, 15) is 9.90 Å². The third-order valence-corrected chi connectivity index (χ3v) is 5.89. The third kappa shape index (κ3) is 4.56. The van der Waals surface area contributed by atoms with Gasteiger partial charge in [-0.1, -0.05) is 73.6 Å². The minimum Gasteiger partial charge on any atom is -0.478 e. The van der Waals surface area contributed by atoms with Crippen LogP contribution in [0.25, 0.3) is 0 Å². The van der Waals surface area contributed by atoms with Gasteiger partial charge in [-0.05, 0) is 24.1 Å². The fourth-order valence-electron chi connectivity index (χ4n) is 3.00. The van der Waals surface area contributed by atoms with Crippen molar-refractivity contribution in [2.24, 2.45) is 10.1 Å². The molecule has 7 heteroatoms. The largest absolute Gasteiger partial charge is 0.478 e. The number of hydrogen-bond acceptors (Lipinski definition) is 5. The van der Waals surface area contributed by atoms with Crippen LogP contribution < -0.4 is 0 Å². The molecule has 1 heterocycles. The highest BCUT2D eigenvalue weighted by atomic mass is 35.5. The van der Waals surface area contributed by atoms with Gasteiger partial charge in [-0.25, -0.2) is 9.80 Å². The van der Waals surface area contributed by atoms with Crippen molar-refractivity contribution >= 4 is 40.7 Å². The van der Waals surface area contributed by atoms with Gasteiger partial charge in [-0.15, -0.1) is 0 Å². The number of carboxylic acids is 1. The van der Waals surface area contributed by atoms with Gasteiger partial charge in [-0.2, -0.15) is 5.10 Å². The molecule has 2 aromatic carbocycles. The summed E-state index contributed by atoms with van der Waals surface area (Å²) < 4.78 is 0. The second kappa shape index (κ2) is 9.26. The van der Waals surface area contributed by atoms with E-state index < -0.39 is 5.97 Å².